The van der Waals surface area contributed by atoms with Crippen LogP contribution in [0.1, 0.15) is 50.3 Å². The number of rotatable bonds is 10. The zero-order valence-electron chi connectivity index (χ0n) is 18.5. The molecule has 0 bridgehead atoms. The summed E-state index contributed by atoms with van der Waals surface area (Å²) in [6.07, 6.45) is 1.54. The van der Waals surface area contributed by atoms with E-state index in [2.05, 4.69) is 31.3 Å². The lowest BCUT2D eigenvalue weighted by molar-refractivity contribution is -0.141. The Kier molecular flexibility index (Phi) is 9.38. The van der Waals surface area contributed by atoms with Crippen LogP contribution in [0, 0.1) is 12.8 Å². The molecule has 2 aromatic rings. The predicted molar refractivity (Wildman–Crippen MR) is 123 cm³/mol. The molecule has 0 spiro atoms. The molecule has 162 valence electrons. The summed E-state index contributed by atoms with van der Waals surface area (Å²) in [4.78, 5) is 27.8. The van der Waals surface area contributed by atoms with Gasteiger partial charge in [0.25, 0.3) is 0 Å². The summed E-state index contributed by atoms with van der Waals surface area (Å²) in [5.41, 5.74) is 3.15. The fourth-order valence-corrected chi connectivity index (χ4v) is 3.50. The van der Waals surface area contributed by atoms with Gasteiger partial charge < -0.3 is 10.2 Å². The number of benzene rings is 2. The minimum absolute atomic E-state index is 0.0398. The quantitative estimate of drug-likeness (QED) is 0.568. The average molecular weight is 429 g/mol. The fourth-order valence-electron chi connectivity index (χ4n) is 3.30. The summed E-state index contributed by atoms with van der Waals surface area (Å²) >= 11 is 6.35. The van der Waals surface area contributed by atoms with E-state index in [1.807, 2.05) is 50.2 Å². The van der Waals surface area contributed by atoms with Crippen molar-refractivity contribution in [3.05, 3.63) is 70.2 Å². The maximum Gasteiger partial charge on any atom is 0.242 e. The monoisotopic (exact) mass is 428 g/mol. The van der Waals surface area contributed by atoms with Crippen LogP contribution in [0.3, 0.4) is 0 Å². The first kappa shape index (κ1) is 23.9. The molecule has 0 fully saturated rings. The van der Waals surface area contributed by atoms with Gasteiger partial charge in [-0.05, 0) is 42.9 Å². The fraction of sp³-hybridized carbons (Fsp3) is 0.440. The van der Waals surface area contributed by atoms with Crippen molar-refractivity contribution in [3.8, 4) is 0 Å². The summed E-state index contributed by atoms with van der Waals surface area (Å²) in [5.74, 6) is 0.199. The summed E-state index contributed by atoms with van der Waals surface area (Å²) in [7, 11) is 0. The molecule has 0 aliphatic heterocycles. The van der Waals surface area contributed by atoms with E-state index in [9.17, 15) is 9.59 Å². The van der Waals surface area contributed by atoms with Crippen LogP contribution in [0.2, 0.25) is 5.02 Å². The minimum Gasteiger partial charge on any atom is -0.354 e. The Hall–Kier alpha value is -2.33. The molecule has 0 aliphatic carbocycles. The highest BCUT2D eigenvalue weighted by Crippen LogP contribution is 2.21. The third-order valence-corrected chi connectivity index (χ3v) is 5.49. The Morgan fingerprint density at radius 1 is 1.07 bits per heavy atom. The van der Waals surface area contributed by atoms with Crippen LogP contribution < -0.4 is 5.32 Å². The van der Waals surface area contributed by atoms with Gasteiger partial charge in [0, 0.05) is 24.5 Å². The highest BCUT2D eigenvalue weighted by Gasteiger charge is 2.28. The molecule has 5 heteroatoms. The van der Waals surface area contributed by atoms with Crippen LogP contribution in [-0.4, -0.2) is 29.3 Å². The van der Waals surface area contributed by atoms with Gasteiger partial charge in [-0.1, -0.05) is 80.4 Å². The van der Waals surface area contributed by atoms with E-state index >= 15 is 0 Å². The second-order valence-electron chi connectivity index (χ2n) is 8.16. The number of hydrogen-bond acceptors (Lipinski definition) is 2. The SMILES string of the molecule is CC[C@H](C(=O)NCC(C)C)N(Cc1ccccc1Cl)C(=O)CCc1ccc(C)cc1. The van der Waals surface area contributed by atoms with Crippen LogP contribution in [0.5, 0.6) is 0 Å². The first-order valence-electron chi connectivity index (χ1n) is 10.7. The molecular formula is C25H33ClN2O2. The summed E-state index contributed by atoms with van der Waals surface area (Å²) in [6.45, 7) is 8.99. The molecule has 2 amide bonds. The third-order valence-electron chi connectivity index (χ3n) is 5.12. The van der Waals surface area contributed by atoms with Crippen molar-refractivity contribution in [1.82, 2.24) is 10.2 Å². The largest absolute Gasteiger partial charge is 0.354 e. The molecule has 1 N–H and O–H groups in total. The molecule has 0 aromatic heterocycles. The van der Waals surface area contributed by atoms with Crippen molar-refractivity contribution in [2.45, 2.75) is 59.5 Å². The van der Waals surface area contributed by atoms with Crippen LogP contribution >= 0.6 is 11.6 Å². The van der Waals surface area contributed by atoms with E-state index < -0.39 is 6.04 Å². The van der Waals surface area contributed by atoms with Crippen molar-refractivity contribution in [3.63, 3.8) is 0 Å². The van der Waals surface area contributed by atoms with Gasteiger partial charge in [0.05, 0.1) is 0 Å². The summed E-state index contributed by atoms with van der Waals surface area (Å²) in [6, 6.07) is 15.2. The lowest BCUT2D eigenvalue weighted by Gasteiger charge is -2.31. The van der Waals surface area contributed by atoms with Gasteiger partial charge in [-0.25, -0.2) is 0 Å². The molecule has 0 aliphatic rings. The Balaban J connectivity index is 2.19. The maximum atomic E-state index is 13.2. The maximum absolute atomic E-state index is 13.2. The summed E-state index contributed by atoms with van der Waals surface area (Å²) in [5, 5.41) is 3.59. The van der Waals surface area contributed by atoms with E-state index in [0.717, 1.165) is 11.1 Å². The number of nitrogens with zero attached hydrogens (tertiary/aromatic N) is 1. The van der Waals surface area contributed by atoms with Crippen LogP contribution in [0.4, 0.5) is 0 Å². The number of hydrogen-bond donors (Lipinski definition) is 1. The number of halogens is 1. The van der Waals surface area contributed by atoms with E-state index in [-0.39, 0.29) is 11.8 Å². The van der Waals surface area contributed by atoms with Gasteiger partial charge in [-0.15, -0.1) is 0 Å². The highest BCUT2D eigenvalue weighted by molar-refractivity contribution is 6.31. The van der Waals surface area contributed by atoms with Gasteiger partial charge in [0.2, 0.25) is 11.8 Å². The number of nitrogens with one attached hydrogen (secondary N) is 1. The van der Waals surface area contributed by atoms with Crippen molar-refractivity contribution < 1.29 is 9.59 Å². The van der Waals surface area contributed by atoms with Crippen LogP contribution in [-0.2, 0) is 22.6 Å². The molecule has 1 atom stereocenters. The topological polar surface area (TPSA) is 49.4 Å². The molecular weight excluding hydrogens is 396 g/mol. The Morgan fingerprint density at radius 2 is 1.73 bits per heavy atom. The molecule has 0 radical (unpaired) electrons. The third kappa shape index (κ3) is 7.17. The van der Waals surface area contributed by atoms with Gasteiger partial charge in [0.1, 0.15) is 6.04 Å². The van der Waals surface area contributed by atoms with Crippen molar-refractivity contribution in [2.24, 2.45) is 5.92 Å². The van der Waals surface area contributed by atoms with Gasteiger partial charge in [-0.2, -0.15) is 0 Å². The smallest absolute Gasteiger partial charge is 0.242 e. The Morgan fingerprint density at radius 3 is 2.33 bits per heavy atom. The number of aryl methyl sites for hydroxylation is 2. The second-order valence-corrected chi connectivity index (χ2v) is 8.57. The summed E-state index contributed by atoms with van der Waals surface area (Å²) < 4.78 is 0. The molecule has 0 heterocycles. The standard InChI is InChI=1S/C25H33ClN2O2/c1-5-23(25(30)27-16-18(2)3)28(17-21-8-6-7-9-22(21)26)24(29)15-14-20-12-10-19(4)11-13-20/h6-13,18,23H,5,14-17H2,1-4H3,(H,27,30)/t23-/m1/s1. The number of amides is 2. The Bertz CT molecular complexity index is 833. The van der Waals surface area contributed by atoms with Crippen molar-refractivity contribution in [1.29, 1.82) is 0 Å². The molecule has 0 unspecified atom stereocenters. The van der Waals surface area contributed by atoms with E-state index in [1.165, 1.54) is 5.56 Å². The van der Waals surface area contributed by atoms with Gasteiger partial charge in [-0.3, -0.25) is 9.59 Å². The lowest BCUT2D eigenvalue weighted by atomic mass is 10.0. The normalized spacial score (nSPS) is 11.9. The van der Waals surface area contributed by atoms with Crippen LogP contribution in [0.15, 0.2) is 48.5 Å². The predicted octanol–water partition coefficient (Wildman–Crippen LogP) is 5.16. The van der Waals surface area contributed by atoms with E-state index in [1.54, 1.807) is 4.90 Å². The van der Waals surface area contributed by atoms with Crippen molar-refractivity contribution in [2.75, 3.05) is 6.54 Å². The molecule has 2 rings (SSSR count). The molecule has 0 saturated carbocycles. The second kappa shape index (κ2) is 11.8. The zero-order valence-corrected chi connectivity index (χ0v) is 19.2. The van der Waals surface area contributed by atoms with Crippen molar-refractivity contribution >= 4 is 23.4 Å². The molecule has 4 nitrogen and oxygen atoms in total. The average Bonchev–Trinajstić information content (AvgIpc) is 2.72. The minimum atomic E-state index is -0.523. The molecule has 30 heavy (non-hydrogen) atoms. The first-order chi connectivity index (χ1) is 14.3. The zero-order chi connectivity index (χ0) is 22.1. The van der Waals surface area contributed by atoms with E-state index in [0.29, 0.717) is 43.3 Å². The van der Waals surface area contributed by atoms with Crippen LogP contribution in [0.25, 0.3) is 0 Å². The van der Waals surface area contributed by atoms with Gasteiger partial charge >= 0.3 is 0 Å². The van der Waals surface area contributed by atoms with E-state index in [4.69, 9.17) is 11.6 Å². The lowest BCUT2D eigenvalue weighted by Crippen LogP contribution is -2.49. The highest BCUT2D eigenvalue weighted by atomic mass is 35.5. The van der Waals surface area contributed by atoms with Gasteiger partial charge in [0.15, 0.2) is 0 Å². The number of carbonyl (C=O) groups is 2. The molecule has 0 saturated heterocycles. The molecule has 2 aromatic carbocycles. The first-order valence-corrected chi connectivity index (χ1v) is 11.1. The number of carbonyl (C=O) groups excluding carboxylic acids is 2. The Labute approximate surface area is 185 Å².